The van der Waals surface area contributed by atoms with E-state index in [1.807, 2.05) is 6.26 Å². The van der Waals surface area contributed by atoms with Crippen molar-refractivity contribution in [3.05, 3.63) is 22.4 Å². The van der Waals surface area contributed by atoms with Crippen LogP contribution in [0, 0.1) is 5.92 Å². The fourth-order valence-corrected chi connectivity index (χ4v) is 5.16. The molecule has 0 spiro atoms. The maximum absolute atomic E-state index is 12.5. The topological polar surface area (TPSA) is 78.5 Å². The molecule has 1 unspecified atom stereocenters. The minimum atomic E-state index is -3.40. The zero-order chi connectivity index (χ0) is 19.7. The molecule has 1 atom stereocenters. The van der Waals surface area contributed by atoms with Crippen molar-refractivity contribution in [1.29, 1.82) is 0 Å². The summed E-state index contributed by atoms with van der Waals surface area (Å²) in [6.45, 7) is 5.28. The van der Waals surface area contributed by atoms with Crippen molar-refractivity contribution < 1.29 is 13.2 Å². The van der Waals surface area contributed by atoms with Gasteiger partial charge in [-0.25, -0.2) is 13.1 Å². The summed E-state index contributed by atoms with van der Waals surface area (Å²) >= 11 is 3.40. The Kier molecular flexibility index (Phi) is 9.58. The van der Waals surface area contributed by atoms with Crippen molar-refractivity contribution in [2.24, 2.45) is 5.92 Å². The Bertz CT molecular complexity index is 657. The number of nitrogens with one attached hydrogen (secondary N) is 2. The molecule has 1 amide bonds. The summed E-state index contributed by atoms with van der Waals surface area (Å²) in [6.07, 6.45) is 4.57. The molecule has 9 heteroatoms. The first-order valence-electron chi connectivity index (χ1n) is 9.45. The fourth-order valence-electron chi connectivity index (χ4n) is 3.12. The lowest BCUT2D eigenvalue weighted by atomic mass is 9.96. The molecule has 27 heavy (non-hydrogen) atoms. The van der Waals surface area contributed by atoms with E-state index in [1.165, 1.54) is 4.88 Å². The van der Waals surface area contributed by atoms with Gasteiger partial charge in [-0.3, -0.25) is 9.69 Å². The third-order valence-electron chi connectivity index (χ3n) is 4.86. The molecule has 0 radical (unpaired) electrons. The van der Waals surface area contributed by atoms with Gasteiger partial charge in [0.05, 0.1) is 5.75 Å². The highest BCUT2D eigenvalue weighted by Gasteiger charge is 2.25. The molecule has 154 valence electrons. The van der Waals surface area contributed by atoms with Gasteiger partial charge >= 0.3 is 0 Å². The lowest BCUT2D eigenvalue weighted by molar-refractivity contribution is -0.123. The number of hydrogen-bond acceptors (Lipinski definition) is 6. The number of carbonyl (C=O) groups excluding carboxylic acids is 1. The molecule has 2 rings (SSSR count). The van der Waals surface area contributed by atoms with E-state index in [0.717, 1.165) is 38.2 Å². The number of likely N-dealkylation sites (tertiary alicyclic amines) is 1. The second-order valence-corrected chi connectivity index (χ2v) is 11.0. The third-order valence-corrected chi connectivity index (χ3v) is 7.77. The Morgan fingerprint density at radius 3 is 2.74 bits per heavy atom. The second kappa shape index (κ2) is 11.4. The summed E-state index contributed by atoms with van der Waals surface area (Å²) in [5, 5.41) is 5.09. The number of carbonyl (C=O) groups is 1. The molecule has 1 aliphatic rings. The molecule has 0 aliphatic carbocycles. The Morgan fingerprint density at radius 2 is 2.15 bits per heavy atom. The van der Waals surface area contributed by atoms with Gasteiger partial charge in [0.1, 0.15) is 6.04 Å². The Hall–Kier alpha value is -0.610. The van der Waals surface area contributed by atoms with E-state index in [-0.39, 0.29) is 11.7 Å². The summed E-state index contributed by atoms with van der Waals surface area (Å²) in [5.41, 5.74) is 0. The van der Waals surface area contributed by atoms with E-state index in [4.69, 9.17) is 0 Å². The first kappa shape index (κ1) is 22.7. The van der Waals surface area contributed by atoms with Crippen LogP contribution < -0.4 is 10.0 Å². The van der Waals surface area contributed by atoms with Gasteiger partial charge in [-0.1, -0.05) is 6.07 Å². The van der Waals surface area contributed by atoms with E-state index in [0.29, 0.717) is 18.9 Å². The van der Waals surface area contributed by atoms with Crippen LogP contribution in [-0.2, 0) is 21.4 Å². The zero-order valence-electron chi connectivity index (χ0n) is 16.1. The highest BCUT2D eigenvalue weighted by molar-refractivity contribution is 7.98. The summed E-state index contributed by atoms with van der Waals surface area (Å²) < 4.78 is 26.2. The highest BCUT2D eigenvalue weighted by Crippen LogP contribution is 2.20. The molecule has 0 aromatic carbocycles. The van der Waals surface area contributed by atoms with Crippen LogP contribution >= 0.6 is 23.1 Å². The van der Waals surface area contributed by atoms with Gasteiger partial charge in [0.2, 0.25) is 15.9 Å². The summed E-state index contributed by atoms with van der Waals surface area (Å²) in [5.74, 6) is 0.976. The minimum Gasteiger partial charge on any atom is -0.354 e. The molecular weight excluding hydrogens is 402 g/mol. The molecule has 1 fully saturated rings. The number of hydrogen-bond donors (Lipinski definition) is 2. The van der Waals surface area contributed by atoms with Crippen LogP contribution in [0.15, 0.2) is 17.5 Å². The van der Waals surface area contributed by atoms with Gasteiger partial charge in [0.15, 0.2) is 0 Å². The van der Waals surface area contributed by atoms with Gasteiger partial charge in [-0.15, -0.1) is 11.3 Å². The molecule has 1 aliphatic heterocycles. The summed E-state index contributed by atoms with van der Waals surface area (Å²) in [6, 6.07) is 3.58. The van der Waals surface area contributed by atoms with Crippen LogP contribution in [0.5, 0.6) is 0 Å². The fraction of sp³-hybridized carbons (Fsp3) is 0.722. The van der Waals surface area contributed by atoms with Crippen LogP contribution in [0.25, 0.3) is 0 Å². The van der Waals surface area contributed by atoms with Crippen molar-refractivity contribution in [3.63, 3.8) is 0 Å². The van der Waals surface area contributed by atoms with Gasteiger partial charge in [0, 0.05) is 18.0 Å². The molecule has 1 saturated heterocycles. The number of piperidine rings is 1. The van der Waals surface area contributed by atoms with Crippen molar-refractivity contribution in [1.82, 2.24) is 14.9 Å². The molecule has 0 bridgehead atoms. The second-order valence-electron chi connectivity index (χ2n) is 6.90. The number of nitrogens with zero attached hydrogens (tertiary/aromatic N) is 1. The molecule has 6 nitrogen and oxygen atoms in total. The van der Waals surface area contributed by atoms with Gasteiger partial charge in [0.25, 0.3) is 0 Å². The summed E-state index contributed by atoms with van der Waals surface area (Å²) in [4.78, 5) is 16.4. The smallest absolute Gasteiger partial charge is 0.238 e. The van der Waals surface area contributed by atoms with Gasteiger partial charge in [-0.2, -0.15) is 11.8 Å². The molecular formula is C18H31N3O3S3. The number of thioether (sulfide) groups is 1. The van der Waals surface area contributed by atoms with E-state index < -0.39 is 16.1 Å². The lowest BCUT2D eigenvalue weighted by Crippen LogP contribution is -2.49. The zero-order valence-corrected chi connectivity index (χ0v) is 18.6. The number of amides is 1. The molecule has 0 saturated carbocycles. The van der Waals surface area contributed by atoms with E-state index in [1.54, 1.807) is 30.0 Å². The van der Waals surface area contributed by atoms with E-state index in [9.17, 15) is 13.2 Å². The molecule has 2 heterocycles. The van der Waals surface area contributed by atoms with Crippen molar-refractivity contribution in [2.75, 3.05) is 37.4 Å². The Labute approximate surface area is 171 Å². The maximum atomic E-state index is 12.5. The minimum absolute atomic E-state index is 0.0151. The standard InChI is InChI=1S/C18H31N3O3S3/c1-3-27(23,24)20-17(8-12-25-2)18(22)19-13-15-6-9-21(10-7-15)14-16-5-4-11-26-16/h4-5,11,15,17,20H,3,6-10,12-14H2,1-2H3,(H,19,22). The Balaban J connectivity index is 1.75. The molecule has 1 aromatic heterocycles. The van der Waals surface area contributed by atoms with Crippen LogP contribution in [0.1, 0.15) is 31.1 Å². The van der Waals surface area contributed by atoms with Crippen LogP contribution in [0.4, 0.5) is 0 Å². The van der Waals surface area contributed by atoms with Crippen LogP contribution in [0.2, 0.25) is 0 Å². The lowest BCUT2D eigenvalue weighted by Gasteiger charge is -2.32. The SMILES string of the molecule is CCS(=O)(=O)NC(CCSC)C(=O)NCC1CCN(Cc2cccs2)CC1. The van der Waals surface area contributed by atoms with Crippen molar-refractivity contribution in [3.8, 4) is 0 Å². The first-order chi connectivity index (χ1) is 12.9. The van der Waals surface area contributed by atoms with Gasteiger partial charge in [-0.05, 0) is 68.6 Å². The van der Waals surface area contributed by atoms with Crippen molar-refractivity contribution >= 4 is 39.0 Å². The monoisotopic (exact) mass is 433 g/mol. The van der Waals surface area contributed by atoms with Crippen molar-refractivity contribution in [2.45, 2.75) is 38.8 Å². The average molecular weight is 434 g/mol. The quantitative estimate of drug-likeness (QED) is 0.559. The number of rotatable bonds is 11. The predicted octanol–water partition coefficient (Wildman–Crippen LogP) is 2.14. The van der Waals surface area contributed by atoms with E-state index in [2.05, 4.69) is 32.5 Å². The number of sulfonamides is 1. The largest absolute Gasteiger partial charge is 0.354 e. The predicted molar refractivity (Wildman–Crippen MR) is 115 cm³/mol. The molecule has 2 N–H and O–H groups in total. The highest BCUT2D eigenvalue weighted by atomic mass is 32.2. The molecule has 1 aromatic rings. The third kappa shape index (κ3) is 8.11. The number of thiophene rings is 1. The first-order valence-corrected chi connectivity index (χ1v) is 13.4. The Morgan fingerprint density at radius 1 is 1.41 bits per heavy atom. The van der Waals surface area contributed by atoms with Gasteiger partial charge < -0.3 is 5.32 Å². The van der Waals surface area contributed by atoms with Crippen LogP contribution in [0.3, 0.4) is 0 Å². The van der Waals surface area contributed by atoms with E-state index >= 15 is 0 Å². The normalized spacial score (nSPS) is 17.7. The maximum Gasteiger partial charge on any atom is 0.238 e. The summed E-state index contributed by atoms with van der Waals surface area (Å²) in [7, 11) is -3.40. The average Bonchev–Trinajstić information content (AvgIpc) is 3.17. The van der Waals surface area contributed by atoms with Crippen LogP contribution in [-0.4, -0.2) is 62.7 Å².